The van der Waals surface area contributed by atoms with E-state index in [0.717, 1.165) is 24.3 Å². The molecule has 100 valence electrons. The highest BCUT2D eigenvalue weighted by Crippen LogP contribution is 2.28. The quantitative estimate of drug-likeness (QED) is 0.840. The number of nitrogens with one attached hydrogen (secondary N) is 1. The predicted molar refractivity (Wildman–Crippen MR) is 73.0 cm³/mol. The van der Waals surface area contributed by atoms with E-state index in [-0.39, 0.29) is 16.3 Å². The molecule has 0 unspecified atom stereocenters. The predicted octanol–water partition coefficient (Wildman–Crippen LogP) is 3.09. The average Bonchev–Trinajstić information content (AvgIpc) is 2.34. The molecule has 0 saturated heterocycles. The van der Waals surface area contributed by atoms with E-state index in [0.29, 0.717) is 4.47 Å². The lowest BCUT2D eigenvalue weighted by Crippen LogP contribution is -2.13. The number of hydrogen-bond acceptors (Lipinski definition) is 3. The Kier molecular flexibility index (Phi) is 3.77. The third-order valence-electron chi connectivity index (χ3n) is 2.33. The second-order valence-corrected chi connectivity index (χ2v) is 6.32. The summed E-state index contributed by atoms with van der Waals surface area (Å²) < 4.78 is 39.6. The highest BCUT2D eigenvalue weighted by Gasteiger charge is 2.16. The van der Waals surface area contributed by atoms with Crippen molar-refractivity contribution in [1.82, 2.24) is 0 Å². The lowest BCUT2D eigenvalue weighted by atomic mass is 10.3. The standard InChI is InChI=1S/C12H9BrFNO3S/c13-8-1-6-12(16)11(7-8)15-19(17,18)10-4-2-9(14)3-5-10/h1-7,15-16H. The van der Waals surface area contributed by atoms with Gasteiger partial charge in [0.05, 0.1) is 10.6 Å². The van der Waals surface area contributed by atoms with Crippen LogP contribution in [0.4, 0.5) is 10.1 Å². The fourth-order valence-corrected chi connectivity index (χ4v) is 2.83. The summed E-state index contributed by atoms with van der Waals surface area (Å²) in [5.41, 5.74) is 0.0405. The molecular weight excluding hydrogens is 337 g/mol. The van der Waals surface area contributed by atoms with Crippen molar-refractivity contribution in [2.45, 2.75) is 4.90 Å². The Morgan fingerprint density at radius 1 is 1.11 bits per heavy atom. The molecule has 0 atom stereocenters. The molecule has 2 aromatic carbocycles. The van der Waals surface area contributed by atoms with Crippen LogP contribution in [0.15, 0.2) is 51.8 Å². The zero-order chi connectivity index (χ0) is 14.0. The molecule has 0 spiro atoms. The van der Waals surface area contributed by atoms with E-state index in [1.165, 1.54) is 12.1 Å². The first-order valence-corrected chi connectivity index (χ1v) is 7.43. The normalized spacial score (nSPS) is 11.3. The number of aromatic hydroxyl groups is 1. The van der Waals surface area contributed by atoms with Gasteiger partial charge in [0.2, 0.25) is 0 Å². The SMILES string of the molecule is O=S(=O)(Nc1cc(Br)ccc1O)c1ccc(F)cc1. The summed E-state index contributed by atoms with van der Waals surface area (Å²) in [6.45, 7) is 0. The molecule has 0 amide bonds. The zero-order valence-corrected chi connectivity index (χ0v) is 11.9. The van der Waals surface area contributed by atoms with Crippen LogP contribution >= 0.6 is 15.9 Å². The van der Waals surface area contributed by atoms with Crippen molar-refractivity contribution in [3.05, 3.63) is 52.8 Å². The van der Waals surface area contributed by atoms with Gasteiger partial charge in [0.15, 0.2) is 0 Å². The van der Waals surface area contributed by atoms with Gasteiger partial charge in [-0.15, -0.1) is 0 Å². The molecule has 0 aliphatic heterocycles. The molecule has 0 saturated carbocycles. The number of phenols is 1. The Morgan fingerprint density at radius 3 is 2.37 bits per heavy atom. The van der Waals surface area contributed by atoms with Gasteiger partial charge in [0.1, 0.15) is 11.6 Å². The van der Waals surface area contributed by atoms with Crippen molar-refractivity contribution in [3.8, 4) is 5.75 Å². The van der Waals surface area contributed by atoms with Gasteiger partial charge < -0.3 is 5.11 Å². The first-order chi connectivity index (χ1) is 8.88. The van der Waals surface area contributed by atoms with Crippen molar-refractivity contribution in [3.63, 3.8) is 0 Å². The maximum Gasteiger partial charge on any atom is 0.262 e. The molecule has 0 radical (unpaired) electrons. The minimum Gasteiger partial charge on any atom is -0.506 e. The summed E-state index contributed by atoms with van der Waals surface area (Å²) in [6, 6.07) is 8.75. The van der Waals surface area contributed by atoms with Gasteiger partial charge in [-0.2, -0.15) is 0 Å². The minimum absolute atomic E-state index is 0.0405. The number of benzene rings is 2. The summed E-state index contributed by atoms with van der Waals surface area (Å²) in [6.07, 6.45) is 0. The number of halogens is 2. The third kappa shape index (κ3) is 3.24. The van der Waals surface area contributed by atoms with E-state index in [1.54, 1.807) is 6.07 Å². The van der Waals surface area contributed by atoms with Crippen LogP contribution in [0.5, 0.6) is 5.75 Å². The van der Waals surface area contributed by atoms with Crippen LogP contribution in [0.25, 0.3) is 0 Å². The van der Waals surface area contributed by atoms with Crippen molar-refractivity contribution in [2.24, 2.45) is 0 Å². The van der Waals surface area contributed by atoms with E-state index >= 15 is 0 Å². The van der Waals surface area contributed by atoms with E-state index in [2.05, 4.69) is 20.7 Å². The van der Waals surface area contributed by atoms with Gasteiger partial charge in [0.25, 0.3) is 10.0 Å². The van der Waals surface area contributed by atoms with Crippen molar-refractivity contribution in [2.75, 3.05) is 4.72 Å². The number of anilines is 1. The topological polar surface area (TPSA) is 66.4 Å². The summed E-state index contributed by atoms with van der Waals surface area (Å²) in [7, 11) is -3.87. The molecule has 0 bridgehead atoms. The number of phenolic OH excluding ortho intramolecular Hbond substituents is 1. The minimum atomic E-state index is -3.87. The van der Waals surface area contributed by atoms with Gasteiger partial charge in [-0.25, -0.2) is 12.8 Å². The largest absolute Gasteiger partial charge is 0.506 e. The van der Waals surface area contributed by atoms with Gasteiger partial charge in [-0.05, 0) is 42.5 Å². The molecule has 0 aromatic heterocycles. The van der Waals surface area contributed by atoms with Gasteiger partial charge >= 0.3 is 0 Å². The van der Waals surface area contributed by atoms with E-state index in [9.17, 15) is 17.9 Å². The van der Waals surface area contributed by atoms with Crippen LogP contribution in [-0.4, -0.2) is 13.5 Å². The van der Waals surface area contributed by atoms with Crippen LogP contribution < -0.4 is 4.72 Å². The lowest BCUT2D eigenvalue weighted by Gasteiger charge is -2.10. The van der Waals surface area contributed by atoms with Crippen LogP contribution in [0.1, 0.15) is 0 Å². The Bertz CT molecular complexity index is 701. The van der Waals surface area contributed by atoms with E-state index in [1.807, 2.05) is 0 Å². The van der Waals surface area contributed by atoms with Crippen LogP contribution in [0.2, 0.25) is 0 Å². The molecule has 2 N–H and O–H groups in total. The Labute approximate surface area is 118 Å². The fourth-order valence-electron chi connectivity index (χ4n) is 1.41. The van der Waals surface area contributed by atoms with Crippen molar-refractivity contribution >= 4 is 31.6 Å². The number of hydrogen-bond donors (Lipinski definition) is 2. The van der Waals surface area contributed by atoms with Crippen molar-refractivity contribution < 1.29 is 17.9 Å². The molecule has 0 fully saturated rings. The van der Waals surface area contributed by atoms with Crippen LogP contribution in [0.3, 0.4) is 0 Å². The number of rotatable bonds is 3. The Balaban J connectivity index is 2.36. The van der Waals surface area contributed by atoms with Crippen LogP contribution in [0, 0.1) is 5.82 Å². The third-order valence-corrected chi connectivity index (χ3v) is 4.20. The molecule has 0 aliphatic carbocycles. The summed E-state index contributed by atoms with van der Waals surface area (Å²) in [4.78, 5) is -0.0896. The monoisotopic (exact) mass is 345 g/mol. The van der Waals surface area contributed by atoms with Gasteiger partial charge in [-0.1, -0.05) is 15.9 Å². The first kappa shape index (κ1) is 13.8. The first-order valence-electron chi connectivity index (χ1n) is 5.15. The average molecular weight is 346 g/mol. The maximum atomic E-state index is 12.8. The van der Waals surface area contributed by atoms with Crippen LogP contribution in [-0.2, 0) is 10.0 Å². The molecule has 0 heterocycles. The molecule has 7 heteroatoms. The summed E-state index contributed by atoms with van der Waals surface area (Å²) in [5, 5.41) is 9.58. The molecular formula is C12H9BrFNO3S. The summed E-state index contributed by atoms with van der Waals surface area (Å²) >= 11 is 3.17. The smallest absolute Gasteiger partial charge is 0.262 e. The maximum absolute atomic E-state index is 12.8. The highest BCUT2D eigenvalue weighted by molar-refractivity contribution is 9.10. The molecule has 19 heavy (non-hydrogen) atoms. The second-order valence-electron chi connectivity index (χ2n) is 3.72. The van der Waals surface area contributed by atoms with E-state index < -0.39 is 15.8 Å². The molecule has 2 aromatic rings. The Hall–Kier alpha value is -1.60. The second kappa shape index (κ2) is 5.18. The molecule has 2 rings (SSSR count). The molecule has 0 aliphatic rings. The zero-order valence-electron chi connectivity index (χ0n) is 9.47. The summed E-state index contributed by atoms with van der Waals surface area (Å²) in [5.74, 6) is -0.724. The van der Waals surface area contributed by atoms with Crippen molar-refractivity contribution in [1.29, 1.82) is 0 Å². The fraction of sp³-hybridized carbons (Fsp3) is 0. The molecule has 4 nitrogen and oxygen atoms in total. The van der Waals surface area contributed by atoms with E-state index in [4.69, 9.17) is 0 Å². The Morgan fingerprint density at radius 2 is 1.74 bits per heavy atom. The number of sulfonamides is 1. The lowest BCUT2D eigenvalue weighted by molar-refractivity contribution is 0.477. The highest BCUT2D eigenvalue weighted by atomic mass is 79.9. The van der Waals surface area contributed by atoms with Gasteiger partial charge in [-0.3, -0.25) is 4.72 Å². The van der Waals surface area contributed by atoms with Gasteiger partial charge in [0, 0.05) is 4.47 Å².